The highest BCUT2D eigenvalue weighted by Crippen LogP contribution is 2.54. The van der Waals surface area contributed by atoms with Crippen LogP contribution in [0.2, 0.25) is 0 Å². The zero-order valence-electron chi connectivity index (χ0n) is 75.0. The summed E-state index contributed by atoms with van der Waals surface area (Å²) in [6.07, 6.45) is 6.97. The Kier molecular flexibility index (Phi) is 19.3. The van der Waals surface area contributed by atoms with E-state index in [9.17, 15) is 0 Å². The third-order valence-corrected chi connectivity index (χ3v) is 32.3. The topological polar surface area (TPSA) is 101 Å². The van der Waals surface area contributed by atoms with E-state index in [0.29, 0.717) is 24.3 Å². The molecule has 0 aliphatic carbocycles. The summed E-state index contributed by atoms with van der Waals surface area (Å²) in [5.74, 6) is 1.66. The van der Waals surface area contributed by atoms with Crippen LogP contribution in [-0.4, -0.2) is 194 Å². The molecule has 13 fully saturated rings. The molecule has 19 heterocycles. The number of likely N-dealkylation sites (N-methyl/N-ethyl adjacent to an activating group) is 1. The summed E-state index contributed by atoms with van der Waals surface area (Å²) < 4.78 is 30.4. The van der Waals surface area contributed by atoms with Gasteiger partial charge < -0.3 is 31.9 Å². The van der Waals surface area contributed by atoms with Gasteiger partial charge in [-0.15, -0.1) is 0 Å². The number of para-hydroxylation sites is 6. The third kappa shape index (κ3) is 13.0. The maximum atomic E-state index is 6.11. The van der Waals surface area contributed by atoms with Gasteiger partial charge in [0, 0.05) is 171 Å². The smallest absolute Gasteiger partial charge is 0.135 e. The largest absolute Gasteiger partial charge is 0.456 e. The van der Waals surface area contributed by atoms with Gasteiger partial charge in [0.05, 0.1) is 45.7 Å². The maximum Gasteiger partial charge on any atom is 0.135 e. The molecule has 0 radical (unpaired) electrons. The quantitative estimate of drug-likeness (QED) is 0.163. The average molecular weight is 1660 g/mol. The summed E-state index contributed by atoms with van der Waals surface area (Å²) in [4.78, 5) is 28.5. The molecule has 15 atom stereocenters. The standard InChI is InChI=1S/C24H24N2O.2C22H24N2O.C21H23N3O.C20H24N2O/c1-16-14-24-20(19-9-5-7-11-23(19)27-24)15-22(16)26-17(2)25(3)13-12-18-8-4-6-10-21(18)26;2*1-14-7-21-18(17-5-3-4-6-20(17)25-21)8-19(14)22-9-16-10-23(12-22)13-24(11-16)15(22)2;1-14-7-20-17(16-5-3-4-6-19(16)25-20)8-18(14)21-9-22-11-23(10-21)13-24(12-22)15(21)2;1-14-12-20-17(16-8-4-5-9-19(16)23-20)13-18(14)22-11-7-6-10-21(3)15(22)2/h4-11,14-15,17H,12-13H2,1-3H3;2*3-8,15-16H,9-13H2,1-2H3;3-8,15H,9-13H2,1-2H3;4-5,8-9,12-13,15H,6-7,10-11H2,1-3H3. The van der Waals surface area contributed by atoms with E-state index in [1.165, 1.54) is 194 Å². The molecule has 16 heteroatoms. The SMILES string of the molecule is Cc1cc2oc3ccccc3c2cc1C12CC3CN(CN(C3)C1C)C2.Cc1cc2oc3ccccc3c2cc1C12CC3CN(CN(C3)C1C)C2.Cc1cc2oc3ccccc3c2cc1C12CN3CN(CN(C3)C1C)C2.Cc1cc2oc3ccccc3c2cc1N1CCCCN(C)C1C.Cc1cc2oc3ccccc3c2cc1N1c2ccccc2CCN(C)C1C. The molecule has 0 N–H and O–H groups in total. The van der Waals surface area contributed by atoms with Crippen LogP contribution in [0.1, 0.15) is 110 Å². The Morgan fingerprint density at radius 2 is 0.648 bits per heavy atom. The molecular weight excluding hydrogens is 1540 g/mol. The minimum absolute atomic E-state index is 0.200. The molecule has 14 aliphatic rings. The Morgan fingerprint density at radius 3 is 1.10 bits per heavy atom. The van der Waals surface area contributed by atoms with E-state index < -0.39 is 0 Å². The third-order valence-electron chi connectivity index (χ3n) is 32.3. The second-order valence-electron chi connectivity index (χ2n) is 39.8. The van der Waals surface area contributed by atoms with Crippen LogP contribution in [0, 0.1) is 46.5 Å². The van der Waals surface area contributed by atoms with E-state index in [1.54, 1.807) is 11.1 Å². The summed E-state index contributed by atoms with van der Waals surface area (Å²) in [5.41, 5.74) is 27.3. The fraction of sp³-hybridized carbons (Fsp3) is 0.394. The molecule has 12 bridgehead atoms. The second-order valence-corrected chi connectivity index (χ2v) is 39.8. The molecule has 16 nitrogen and oxygen atoms in total. The van der Waals surface area contributed by atoms with Gasteiger partial charge in [0.25, 0.3) is 0 Å². The number of hydrogen-bond donors (Lipinski definition) is 0. The van der Waals surface area contributed by atoms with E-state index in [-0.39, 0.29) is 22.4 Å². The number of aryl methyl sites for hydroxylation is 5. The van der Waals surface area contributed by atoms with Crippen molar-refractivity contribution >= 4 is 127 Å². The monoisotopic (exact) mass is 1660 g/mol. The number of nitrogens with zero attached hydrogens (tertiary/aromatic N) is 11. The van der Waals surface area contributed by atoms with Crippen LogP contribution in [-0.2, 0) is 22.7 Å². The second kappa shape index (κ2) is 30.5. The first-order valence-corrected chi connectivity index (χ1v) is 46.5. The first-order valence-electron chi connectivity index (χ1n) is 46.5. The van der Waals surface area contributed by atoms with Crippen LogP contribution < -0.4 is 9.80 Å². The molecular formula is C109H119N11O5. The van der Waals surface area contributed by atoms with Gasteiger partial charge in [-0.1, -0.05) is 109 Å². The van der Waals surface area contributed by atoms with Gasteiger partial charge in [-0.25, -0.2) is 0 Å². The fourth-order valence-electron chi connectivity index (χ4n) is 25.9. The first kappa shape index (κ1) is 79.3. The van der Waals surface area contributed by atoms with Gasteiger partial charge in [0.2, 0.25) is 0 Å². The number of hydrogen-bond acceptors (Lipinski definition) is 16. The van der Waals surface area contributed by atoms with Gasteiger partial charge in [0.1, 0.15) is 55.8 Å². The molecule has 15 unspecified atom stereocenters. The minimum Gasteiger partial charge on any atom is -0.456 e. The van der Waals surface area contributed by atoms with Crippen molar-refractivity contribution in [2.24, 2.45) is 11.8 Å². The van der Waals surface area contributed by atoms with Crippen LogP contribution in [0.4, 0.5) is 17.1 Å². The number of fused-ring (bicyclic) bond motifs is 16. The molecule has 5 aromatic heterocycles. The average Bonchev–Trinajstić information content (AvgIpc) is 1.44. The Hall–Kier alpha value is -10.3. The summed E-state index contributed by atoms with van der Waals surface area (Å²) in [5, 5.41) is 12.3. The van der Waals surface area contributed by atoms with Gasteiger partial charge >= 0.3 is 0 Å². The normalized spacial score (nSPS) is 29.6. The molecule has 0 amide bonds. The Labute approximate surface area is 734 Å². The molecule has 13 saturated heterocycles. The van der Waals surface area contributed by atoms with Crippen LogP contribution in [0.25, 0.3) is 110 Å². The molecule has 0 spiro atoms. The highest BCUT2D eigenvalue weighted by molar-refractivity contribution is 6.10. The van der Waals surface area contributed by atoms with Crippen LogP contribution in [0.5, 0.6) is 0 Å². The highest BCUT2D eigenvalue weighted by Gasteiger charge is 2.58. The van der Waals surface area contributed by atoms with Crippen molar-refractivity contribution in [2.45, 2.75) is 148 Å². The van der Waals surface area contributed by atoms with E-state index in [2.05, 4.69) is 313 Å². The van der Waals surface area contributed by atoms with E-state index in [0.717, 1.165) is 121 Å². The van der Waals surface area contributed by atoms with Crippen molar-refractivity contribution in [3.63, 3.8) is 0 Å². The summed E-state index contributed by atoms with van der Waals surface area (Å²) in [6, 6.07) is 75.7. The number of rotatable bonds is 5. The summed E-state index contributed by atoms with van der Waals surface area (Å²) in [6.45, 7) is 42.1. The van der Waals surface area contributed by atoms with E-state index >= 15 is 0 Å². The molecule has 125 heavy (non-hydrogen) atoms. The molecule has 640 valence electrons. The molecule has 11 aromatic carbocycles. The maximum absolute atomic E-state index is 6.11. The Balaban J connectivity index is 0.0000000901. The lowest BCUT2D eigenvalue weighted by Gasteiger charge is -2.64. The number of piperidine rings is 4. The van der Waals surface area contributed by atoms with Crippen molar-refractivity contribution in [3.8, 4) is 0 Å². The van der Waals surface area contributed by atoms with E-state index in [1.807, 2.05) is 30.3 Å². The lowest BCUT2D eigenvalue weighted by molar-refractivity contribution is -0.172. The van der Waals surface area contributed by atoms with Crippen molar-refractivity contribution < 1.29 is 22.1 Å². The number of anilines is 3. The van der Waals surface area contributed by atoms with Gasteiger partial charge in [-0.3, -0.25) is 44.1 Å². The van der Waals surface area contributed by atoms with Gasteiger partial charge in [-0.2, -0.15) is 0 Å². The van der Waals surface area contributed by atoms with Crippen LogP contribution in [0.15, 0.2) is 228 Å². The van der Waals surface area contributed by atoms with Gasteiger partial charge in [0.15, 0.2) is 0 Å². The van der Waals surface area contributed by atoms with Crippen molar-refractivity contribution in [3.05, 3.63) is 256 Å². The Bertz CT molecular complexity index is 6480. The predicted molar refractivity (Wildman–Crippen MR) is 511 cm³/mol. The van der Waals surface area contributed by atoms with Gasteiger partial charge in [-0.05, 0) is 281 Å². The Morgan fingerprint density at radius 1 is 0.296 bits per heavy atom. The zero-order chi connectivity index (χ0) is 84.8. The lowest BCUT2D eigenvalue weighted by atomic mass is 9.61. The lowest BCUT2D eigenvalue weighted by Crippen LogP contribution is -2.77. The van der Waals surface area contributed by atoms with Crippen LogP contribution in [0.3, 0.4) is 0 Å². The predicted octanol–water partition coefficient (Wildman–Crippen LogP) is 22.2. The number of furan rings is 5. The van der Waals surface area contributed by atoms with Crippen molar-refractivity contribution in [1.82, 2.24) is 44.1 Å². The first-order chi connectivity index (χ1) is 60.7. The van der Waals surface area contributed by atoms with Crippen molar-refractivity contribution in [2.75, 3.05) is 129 Å². The van der Waals surface area contributed by atoms with Crippen LogP contribution >= 0.6 is 0 Å². The van der Waals surface area contributed by atoms with E-state index in [4.69, 9.17) is 22.1 Å². The molecule has 30 rings (SSSR count). The zero-order valence-corrected chi connectivity index (χ0v) is 75.0. The molecule has 0 saturated carbocycles. The highest BCUT2D eigenvalue weighted by atomic mass is 16.3. The summed E-state index contributed by atoms with van der Waals surface area (Å²) >= 11 is 0. The number of benzene rings is 11. The molecule has 16 aromatic rings. The fourth-order valence-corrected chi connectivity index (χ4v) is 25.9. The minimum atomic E-state index is 0.200. The van der Waals surface area contributed by atoms with Crippen molar-refractivity contribution in [1.29, 1.82) is 0 Å². The molecule has 14 aliphatic heterocycles. The summed E-state index contributed by atoms with van der Waals surface area (Å²) in [7, 11) is 4.44.